The summed E-state index contributed by atoms with van der Waals surface area (Å²) in [5.41, 5.74) is 1.89. The molecule has 2 N–H and O–H groups in total. The van der Waals surface area contributed by atoms with Crippen molar-refractivity contribution in [1.82, 2.24) is 19.9 Å². The summed E-state index contributed by atoms with van der Waals surface area (Å²) >= 11 is 0. The second-order valence-electron chi connectivity index (χ2n) is 4.18. The third-order valence-corrected chi connectivity index (χ3v) is 2.71. The number of hydrogen-bond acceptors (Lipinski definition) is 3. The largest absolute Gasteiger partial charge is 0.465 e. The van der Waals surface area contributed by atoms with Gasteiger partial charge in [0, 0.05) is 37.2 Å². The maximum atomic E-state index is 10.3. The van der Waals surface area contributed by atoms with Crippen molar-refractivity contribution >= 4 is 6.09 Å². The predicted octanol–water partition coefficient (Wildman–Crippen LogP) is 1.99. The standard InChI is InChI=1S/C13H16N4O2/c18-13(19)15-6-1-2-7-17-9-12(16-10-17)11-4-3-5-14-8-11/h3-5,8-10,15H,1-2,6-7H2,(H,18,19). The van der Waals surface area contributed by atoms with Crippen molar-refractivity contribution in [3.05, 3.63) is 37.1 Å². The average molecular weight is 260 g/mol. The van der Waals surface area contributed by atoms with E-state index in [1.54, 1.807) is 18.7 Å². The summed E-state index contributed by atoms with van der Waals surface area (Å²) in [4.78, 5) is 18.6. The van der Waals surface area contributed by atoms with Crippen LogP contribution in [-0.4, -0.2) is 32.3 Å². The van der Waals surface area contributed by atoms with Crippen LogP contribution in [0.4, 0.5) is 4.79 Å². The first kappa shape index (κ1) is 13.1. The molecule has 0 fully saturated rings. The van der Waals surface area contributed by atoms with E-state index < -0.39 is 6.09 Å². The number of nitrogens with zero attached hydrogens (tertiary/aromatic N) is 3. The summed E-state index contributed by atoms with van der Waals surface area (Å²) in [6.07, 6.45) is 8.02. The molecular weight excluding hydrogens is 244 g/mol. The van der Waals surface area contributed by atoms with Crippen molar-refractivity contribution in [3.63, 3.8) is 0 Å². The Morgan fingerprint density at radius 1 is 1.42 bits per heavy atom. The number of nitrogens with one attached hydrogen (secondary N) is 1. The summed E-state index contributed by atoms with van der Waals surface area (Å²) in [7, 11) is 0. The van der Waals surface area contributed by atoms with Crippen LogP contribution in [-0.2, 0) is 6.54 Å². The van der Waals surface area contributed by atoms with Crippen LogP contribution in [0.15, 0.2) is 37.1 Å². The molecule has 6 heteroatoms. The molecule has 0 aliphatic rings. The van der Waals surface area contributed by atoms with Crippen LogP contribution in [0.1, 0.15) is 12.8 Å². The van der Waals surface area contributed by atoms with Crippen LogP contribution in [0.5, 0.6) is 0 Å². The molecule has 0 aliphatic carbocycles. The molecule has 0 atom stereocenters. The zero-order chi connectivity index (χ0) is 13.5. The molecule has 0 radical (unpaired) electrons. The van der Waals surface area contributed by atoms with Gasteiger partial charge in [-0.15, -0.1) is 0 Å². The molecule has 0 bridgehead atoms. The van der Waals surface area contributed by atoms with E-state index in [9.17, 15) is 4.79 Å². The molecule has 2 heterocycles. The van der Waals surface area contributed by atoms with Crippen LogP contribution in [0.3, 0.4) is 0 Å². The van der Waals surface area contributed by atoms with Crippen molar-refractivity contribution in [2.24, 2.45) is 0 Å². The third kappa shape index (κ3) is 4.09. The Morgan fingerprint density at radius 3 is 3.05 bits per heavy atom. The van der Waals surface area contributed by atoms with Gasteiger partial charge in [-0.2, -0.15) is 0 Å². The highest BCUT2D eigenvalue weighted by Gasteiger charge is 2.01. The summed E-state index contributed by atoms with van der Waals surface area (Å²) in [6.45, 7) is 1.31. The van der Waals surface area contributed by atoms with E-state index in [2.05, 4.69) is 15.3 Å². The SMILES string of the molecule is O=C(O)NCCCCn1cnc(-c2cccnc2)c1. The number of hydrogen-bond donors (Lipinski definition) is 2. The Hall–Kier alpha value is -2.37. The van der Waals surface area contributed by atoms with Crippen molar-refractivity contribution < 1.29 is 9.90 Å². The summed E-state index contributed by atoms with van der Waals surface area (Å²) in [5, 5.41) is 10.8. The molecule has 2 aromatic heterocycles. The normalized spacial score (nSPS) is 10.3. The lowest BCUT2D eigenvalue weighted by molar-refractivity contribution is 0.194. The number of aromatic nitrogens is 3. The molecule has 19 heavy (non-hydrogen) atoms. The van der Waals surface area contributed by atoms with Gasteiger partial charge in [0.2, 0.25) is 0 Å². The molecule has 2 aromatic rings. The fourth-order valence-electron chi connectivity index (χ4n) is 1.76. The van der Waals surface area contributed by atoms with Crippen molar-refractivity contribution in [2.45, 2.75) is 19.4 Å². The highest BCUT2D eigenvalue weighted by molar-refractivity contribution is 5.64. The lowest BCUT2D eigenvalue weighted by Crippen LogP contribution is -2.21. The molecule has 0 spiro atoms. The smallest absolute Gasteiger partial charge is 0.404 e. The highest BCUT2D eigenvalue weighted by atomic mass is 16.4. The quantitative estimate of drug-likeness (QED) is 0.778. The van der Waals surface area contributed by atoms with Crippen molar-refractivity contribution in [1.29, 1.82) is 0 Å². The highest BCUT2D eigenvalue weighted by Crippen LogP contribution is 2.14. The van der Waals surface area contributed by atoms with E-state index in [-0.39, 0.29) is 0 Å². The maximum Gasteiger partial charge on any atom is 0.404 e. The minimum absolute atomic E-state index is 0.486. The zero-order valence-electron chi connectivity index (χ0n) is 10.5. The predicted molar refractivity (Wildman–Crippen MR) is 70.7 cm³/mol. The van der Waals surface area contributed by atoms with E-state index in [0.717, 1.165) is 30.6 Å². The fourth-order valence-corrected chi connectivity index (χ4v) is 1.76. The fraction of sp³-hybridized carbons (Fsp3) is 0.308. The first-order chi connectivity index (χ1) is 9.25. The van der Waals surface area contributed by atoms with Gasteiger partial charge in [0.05, 0.1) is 12.0 Å². The number of aryl methyl sites for hydroxylation is 1. The summed E-state index contributed by atoms with van der Waals surface area (Å²) < 4.78 is 2.00. The molecule has 2 rings (SSSR count). The van der Waals surface area contributed by atoms with Gasteiger partial charge in [-0.1, -0.05) is 0 Å². The minimum Gasteiger partial charge on any atom is -0.465 e. The van der Waals surface area contributed by atoms with Gasteiger partial charge in [0.1, 0.15) is 0 Å². The maximum absolute atomic E-state index is 10.3. The second-order valence-corrected chi connectivity index (χ2v) is 4.18. The van der Waals surface area contributed by atoms with Crippen molar-refractivity contribution in [2.75, 3.05) is 6.54 Å². The molecular formula is C13H16N4O2. The first-order valence-electron chi connectivity index (χ1n) is 6.14. The van der Waals surface area contributed by atoms with Crippen LogP contribution in [0.2, 0.25) is 0 Å². The Balaban J connectivity index is 1.80. The molecule has 0 aliphatic heterocycles. The average Bonchev–Trinajstić information content (AvgIpc) is 2.88. The number of carbonyl (C=O) groups is 1. The Kier molecular flexibility index (Phi) is 4.49. The van der Waals surface area contributed by atoms with Crippen LogP contribution >= 0.6 is 0 Å². The van der Waals surface area contributed by atoms with E-state index in [1.807, 2.05) is 22.9 Å². The van der Waals surface area contributed by atoms with Crippen molar-refractivity contribution in [3.8, 4) is 11.3 Å². The van der Waals surface area contributed by atoms with Crippen LogP contribution in [0.25, 0.3) is 11.3 Å². The molecule has 0 aromatic carbocycles. The van der Waals surface area contributed by atoms with Crippen LogP contribution < -0.4 is 5.32 Å². The molecule has 0 saturated heterocycles. The van der Waals surface area contributed by atoms with Gasteiger partial charge in [-0.05, 0) is 25.0 Å². The summed E-state index contributed by atoms with van der Waals surface area (Å²) in [5.74, 6) is 0. The van der Waals surface area contributed by atoms with Crippen LogP contribution in [0, 0.1) is 0 Å². The Labute approximate surface area is 111 Å². The van der Waals surface area contributed by atoms with Gasteiger partial charge >= 0.3 is 6.09 Å². The summed E-state index contributed by atoms with van der Waals surface area (Å²) in [6, 6.07) is 3.85. The lowest BCUT2D eigenvalue weighted by Gasteiger charge is -2.02. The van der Waals surface area contributed by atoms with E-state index >= 15 is 0 Å². The number of amides is 1. The zero-order valence-corrected chi connectivity index (χ0v) is 10.5. The molecule has 6 nitrogen and oxygen atoms in total. The Morgan fingerprint density at radius 2 is 2.32 bits per heavy atom. The Bertz CT molecular complexity index is 524. The minimum atomic E-state index is -0.971. The van der Waals surface area contributed by atoms with E-state index in [0.29, 0.717) is 6.54 Å². The molecule has 0 saturated carbocycles. The lowest BCUT2D eigenvalue weighted by atomic mass is 10.2. The van der Waals surface area contributed by atoms with Gasteiger partial charge in [0.25, 0.3) is 0 Å². The number of unbranched alkanes of at least 4 members (excludes halogenated alkanes) is 1. The number of pyridine rings is 1. The molecule has 1 amide bonds. The monoisotopic (exact) mass is 260 g/mol. The third-order valence-electron chi connectivity index (χ3n) is 2.71. The van der Waals surface area contributed by atoms with E-state index in [1.165, 1.54) is 0 Å². The first-order valence-corrected chi connectivity index (χ1v) is 6.14. The second kappa shape index (κ2) is 6.53. The van der Waals surface area contributed by atoms with E-state index in [4.69, 9.17) is 5.11 Å². The van der Waals surface area contributed by atoms with Gasteiger partial charge in [0.15, 0.2) is 0 Å². The molecule has 0 unspecified atom stereocenters. The topological polar surface area (TPSA) is 80.0 Å². The van der Waals surface area contributed by atoms with Gasteiger partial charge < -0.3 is 15.0 Å². The number of rotatable bonds is 6. The number of imidazole rings is 1. The van der Waals surface area contributed by atoms with Gasteiger partial charge in [-0.25, -0.2) is 9.78 Å². The molecule has 100 valence electrons. The number of carboxylic acid groups (broad SMARTS) is 1. The van der Waals surface area contributed by atoms with Gasteiger partial charge in [-0.3, -0.25) is 4.98 Å².